The molecule has 140 valence electrons. The Morgan fingerprint density at radius 1 is 1.30 bits per heavy atom. The zero-order valence-corrected chi connectivity index (χ0v) is 15.2. The maximum absolute atomic E-state index is 13.1. The van der Waals surface area contributed by atoms with Gasteiger partial charge in [0.2, 0.25) is 5.88 Å². The van der Waals surface area contributed by atoms with Crippen LogP contribution in [0.15, 0.2) is 30.5 Å². The Morgan fingerprint density at radius 3 is 2.70 bits per heavy atom. The van der Waals surface area contributed by atoms with Gasteiger partial charge in [-0.15, -0.1) is 5.10 Å². The van der Waals surface area contributed by atoms with Gasteiger partial charge in [-0.05, 0) is 24.1 Å². The number of primary amides is 1. The molecule has 3 rings (SSSR count). The van der Waals surface area contributed by atoms with Crippen molar-refractivity contribution in [1.29, 1.82) is 0 Å². The van der Waals surface area contributed by atoms with Gasteiger partial charge in [-0.1, -0.05) is 19.1 Å². The Bertz CT molecular complexity index is 968. The second kappa shape index (κ2) is 7.48. The molecule has 0 atom stereocenters. The molecule has 27 heavy (non-hydrogen) atoms. The zero-order chi connectivity index (χ0) is 19.6. The number of carbonyl (C=O) groups excluding carboxylic acids is 1. The van der Waals surface area contributed by atoms with Gasteiger partial charge in [-0.25, -0.2) is 14.1 Å². The van der Waals surface area contributed by atoms with E-state index in [2.05, 4.69) is 20.3 Å². The molecule has 0 aliphatic carbocycles. The molecule has 1 amide bonds. The van der Waals surface area contributed by atoms with Gasteiger partial charge >= 0.3 is 0 Å². The van der Waals surface area contributed by atoms with Crippen molar-refractivity contribution in [2.45, 2.75) is 26.4 Å². The SMILES string of the molecule is CC(C)c1nc(OCc2c(-c3ccc(F)cn3)nnn2C)ccc1C(N)=O. The molecule has 3 aromatic rings. The molecule has 0 spiro atoms. The molecule has 3 aromatic heterocycles. The van der Waals surface area contributed by atoms with E-state index in [1.165, 1.54) is 12.1 Å². The van der Waals surface area contributed by atoms with E-state index in [0.717, 1.165) is 6.20 Å². The van der Waals surface area contributed by atoms with Crippen molar-refractivity contribution >= 4 is 5.91 Å². The van der Waals surface area contributed by atoms with Crippen molar-refractivity contribution in [3.05, 3.63) is 53.2 Å². The largest absolute Gasteiger partial charge is 0.471 e. The predicted octanol–water partition coefficient (Wildman–Crippen LogP) is 2.21. The highest BCUT2D eigenvalue weighted by Crippen LogP contribution is 2.23. The molecule has 0 unspecified atom stereocenters. The van der Waals surface area contributed by atoms with E-state index < -0.39 is 11.7 Å². The van der Waals surface area contributed by atoms with E-state index in [-0.39, 0.29) is 12.5 Å². The summed E-state index contributed by atoms with van der Waals surface area (Å²) in [6, 6.07) is 6.02. The van der Waals surface area contributed by atoms with Crippen LogP contribution in [-0.4, -0.2) is 30.9 Å². The molecule has 0 aliphatic rings. The summed E-state index contributed by atoms with van der Waals surface area (Å²) in [6.45, 7) is 3.96. The van der Waals surface area contributed by atoms with Gasteiger partial charge < -0.3 is 10.5 Å². The Morgan fingerprint density at radius 2 is 2.07 bits per heavy atom. The van der Waals surface area contributed by atoms with Gasteiger partial charge in [0.25, 0.3) is 5.91 Å². The summed E-state index contributed by atoms with van der Waals surface area (Å²) >= 11 is 0. The van der Waals surface area contributed by atoms with Crippen molar-refractivity contribution in [1.82, 2.24) is 25.0 Å². The predicted molar refractivity (Wildman–Crippen MR) is 95.4 cm³/mol. The first-order valence-electron chi connectivity index (χ1n) is 8.30. The normalized spacial score (nSPS) is 11.0. The third kappa shape index (κ3) is 3.91. The molecule has 0 fully saturated rings. The van der Waals surface area contributed by atoms with E-state index in [0.29, 0.717) is 34.2 Å². The standard InChI is InChI=1S/C18H19FN6O2/c1-10(2)16-12(18(20)26)5-7-15(22-16)27-9-14-17(23-24-25(14)3)13-6-4-11(19)8-21-13/h4-8,10H,9H2,1-3H3,(H2,20,26). The summed E-state index contributed by atoms with van der Waals surface area (Å²) in [5.41, 5.74) is 7.98. The first kappa shape index (κ1) is 18.4. The second-order valence-corrected chi connectivity index (χ2v) is 6.26. The number of hydrogen-bond acceptors (Lipinski definition) is 6. The lowest BCUT2D eigenvalue weighted by Crippen LogP contribution is -2.16. The van der Waals surface area contributed by atoms with Gasteiger partial charge in [0, 0.05) is 13.1 Å². The lowest BCUT2D eigenvalue weighted by atomic mass is 10.0. The molecule has 0 radical (unpaired) electrons. The van der Waals surface area contributed by atoms with Crippen LogP contribution in [0.25, 0.3) is 11.4 Å². The van der Waals surface area contributed by atoms with Gasteiger partial charge in [-0.3, -0.25) is 9.78 Å². The molecule has 3 heterocycles. The average molecular weight is 370 g/mol. The maximum Gasteiger partial charge on any atom is 0.250 e. The van der Waals surface area contributed by atoms with Crippen LogP contribution >= 0.6 is 0 Å². The van der Waals surface area contributed by atoms with Crippen LogP contribution in [0.2, 0.25) is 0 Å². The van der Waals surface area contributed by atoms with E-state index in [9.17, 15) is 9.18 Å². The number of halogens is 1. The molecule has 0 saturated heterocycles. The first-order chi connectivity index (χ1) is 12.9. The smallest absolute Gasteiger partial charge is 0.250 e. The minimum absolute atomic E-state index is 0.00777. The number of aromatic nitrogens is 5. The Labute approximate surface area is 155 Å². The average Bonchev–Trinajstić information content (AvgIpc) is 3.00. The van der Waals surface area contributed by atoms with Crippen molar-refractivity contribution in [3.63, 3.8) is 0 Å². The van der Waals surface area contributed by atoms with Crippen molar-refractivity contribution < 1.29 is 13.9 Å². The number of amides is 1. The van der Waals surface area contributed by atoms with Gasteiger partial charge in [0.1, 0.15) is 23.8 Å². The number of nitrogens with zero attached hydrogens (tertiary/aromatic N) is 5. The summed E-state index contributed by atoms with van der Waals surface area (Å²) in [6.07, 6.45) is 1.12. The number of nitrogens with two attached hydrogens (primary N) is 1. The van der Waals surface area contributed by atoms with Gasteiger partial charge in [-0.2, -0.15) is 0 Å². The van der Waals surface area contributed by atoms with Crippen LogP contribution in [0, 0.1) is 5.82 Å². The summed E-state index contributed by atoms with van der Waals surface area (Å²) in [4.78, 5) is 20.0. The lowest BCUT2D eigenvalue weighted by molar-refractivity contribution is 0.0998. The van der Waals surface area contributed by atoms with Gasteiger partial charge in [0.05, 0.1) is 23.1 Å². The maximum atomic E-state index is 13.1. The van der Waals surface area contributed by atoms with Crippen LogP contribution in [-0.2, 0) is 13.7 Å². The first-order valence-corrected chi connectivity index (χ1v) is 8.30. The fourth-order valence-electron chi connectivity index (χ4n) is 2.58. The second-order valence-electron chi connectivity index (χ2n) is 6.26. The number of aryl methyl sites for hydroxylation is 1. The summed E-state index contributed by atoms with van der Waals surface area (Å²) in [5.74, 6) is -0.602. The van der Waals surface area contributed by atoms with Crippen molar-refractivity contribution in [3.8, 4) is 17.3 Å². The number of carbonyl (C=O) groups is 1. The molecule has 8 nitrogen and oxygen atoms in total. The van der Waals surface area contributed by atoms with Crippen LogP contribution in [0.5, 0.6) is 5.88 Å². The minimum atomic E-state index is -0.529. The number of rotatable bonds is 6. The quantitative estimate of drug-likeness (QED) is 0.712. The summed E-state index contributed by atoms with van der Waals surface area (Å²) in [7, 11) is 1.72. The fourth-order valence-corrected chi connectivity index (χ4v) is 2.58. The van der Waals surface area contributed by atoms with E-state index >= 15 is 0 Å². The summed E-state index contributed by atoms with van der Waals surface area (Å²) < 4.78 is 20.4. The van der Waals surface area contributed by atoms with Crippen molar-refractivity contribution in [2.24, 2.45) is 12.8 Å². The molecule has 0 bridgehead atoms. The molecule has 0 aromatic carbocycles. The van der Waals surface area contributed by atoms with Crippen LogP contribution in [0.4, 0.5) is 4.39 Å². The Balaban J connectivity index is 1.85. The topological polar surface area (TPSA) is 109 Å². The Kier molecular flexibility index (Phi) is 5.11. The van der Waals surface area contributed by atoms with Gasteiger partial charge in [0.15, 0.2) is 0 Å². The number of ether oxygens (including phenoxy) is 1. The number of pyridine rings is 2. The molecule has 2 N–H and O–H groups in total. The minimum Gasteiger partial charge on any atom is -0.471 e. The molecule has 0 saturated carbocycles. The third-order valence-corrected chi connectivity index (χ3v) is 3.98. The van der Waals surface area contributed by atoms with Crippen LogP contribution < -0.4 is 10.5 Å². The van der Waals surface area contributed by atoms with Crippen LogP contribution in [0.3, 0.4) is 0 Å². The molecule has 0 aliphatic heterocycles. The zero-order valence-electron chi connectivity index (χ0n) is 15.2. The molecule has 9 heteroatoms. The van der Waals surface area contributed by atoms with Crippen molar-refractivity contribution in [2.75, 3.05) is 0 Å². The fraction of sp³-hybridized carbons (Fsp3) is 0.278. The monoisotopic (exact) mass is 370 g/mol. The number of hydrogen-bond donors (Lipinski definition) is 1. The molecular formula is C18H19FN6O2. The van der Waals surface area contributed by atoms with E-state index in [4.69, 9.17) is 10.5 Å². The lowest BCUT2D eigenvalue weighted by Gasteiger charge is -2.12. The Hall–Kier alpha value is -3.36. The molecular weight excluding hydrogens is 351 g/mol. The third-order valence-electron chi connectivity index (χ3n) is 3.98. The van der Waals surface area contributed by atoms with E-state index in [1.54, 1.807) is 23.9 Å². The van der Waals surface area contributed by atoms with Crippen LogP contribution in [0.1, 0.15) is 41.5 Å². The highest BCUT2D eigenvalue weighted by Gasteiger charge is 2.17. The highest BCUT2D eigenvalue weighted by atomic mass is 19.1. The summed E-state index contributed by atoms with van der Waals surface area (Å²) in [5, 5.41) is 8.06. The highest BCUT2D eigenvalue weighted by molar-refractivity contribution is 5.94. The van der Waals surface area contributed by atoms with E-state index in [1.807, 2.05) is 13.8 Å².